The summed E-state index contributed by atoms with van der Waals surface area (Å²) >= 11 is 0. The summed E-state index contributed by atoms with van der Waals surface area (Å²) in [6, 6.07) is 6.71. The second-order valence-corrected chi connectivity index (χ2v) is 3.33. The predicted molar refractivity (Wildman–Crippen MR) is 63.6 cm³/mol. The Morgan fingerprint density at radius 1 is 1.50 bits per heavy atom. The number of rotatable bonds is 5. The minimum atomic E-state index is -0.485. The number of hydrogen-bond donors (Lipinski definition) is 2. The quantitative estimate of drug-likeness (QED) is 0.779. The zero-order valence-electron chi connectivity index (χ0n) is 9.35. The van der Waals surface area contributed by atoms with E-state index in [-0.39, 0.29) is 0 Å². The molecule has 88 valence electrons. The van der Waals surface area contributed by atoms with Crippen molar-refractivity contribution in [1.82, 2.24) is 0 Å². The number of urea groups is 1. The Labute approximate surface area is 95.0 Å². The molecule has 0 fully saturated rings. The van der Waals surface area contributed by atoms with Gasteiger partial charge in [-0.2, -0.15) is 0 Å². The molecule has 0 atom stereocenters. The summed E-state index contributed by atoms with van der Waals surface area (Å²) in [5, 5.41) is 0. The van der Waals surface area contributed by atoms with Crippen molar-refractivity contribution in [3.8, 4) is 5.75 Å². The van der Waals surface area contributed by atoms with E-state index in [0.29, 0.717) is 25.3 Å². The van der Waals surface area contributed by atoms with Crippen LogP contribution in [0.3, 0.4) is 0 Å². The summed E-state index contributed by atoms with van der Waals surface area (Å²) in [4.78, 5) is 12.8. The number of hydrogen-bond acceptors (Lipinski definition) is 3. The number of benzene rings is 1. The van der Waals surface area contributed by atoms with E-state index in [2.05, 4.69) is 0 Å². The molecule has 1 aromatic carbocycles. The summed E-state index contributed by atoms with van der Waals surface area (Å²) < 4.78 is 5.09. The summed E-state index contributed by atoms with van der Waals surface area (Å²) in [6.07, 6.45) is 0.708. The first-order valence-electron chi connectivity index (χ1n) is 5.10. The third kappa shape index (κ3) is 3.13. The van der Waals surface area contributed by atoms with Crippen LogP contribution >= 0.6 is 0 Å². The van der Waals surface area contributed by atoms with Gasteiger partial charge in [-0.15, -0.1) is 0 Å². The van der Waals surface area contributed by atoms with E-state index in [9.17, 15) is 4.79 Å². The zero-order valence-corrected chi connectivity index (χ0v) is 9.35. The lowest BCUT2D eigenvalue weighted by Crippen LogP contribution is -2.37. The second kappa shape index (κ2) is 5.97. The number of amides is 2. The lowest BCUT2D eigenvalue weighted by molar-refractivity contribution is 0.254. The van der Waals surface area contributed by atoms with Crippen molar-refractivity contribution in [2.45, 2.75) is 6.42 Å². The van der Waals surface area contributed by atoms with Crippen LogP contribution in [-0.4, -0.2) is 26.2 Å². The van der Waals surface area contributed by atoms with Crippen molar-refractivity contribution in [3.63, 3.8) is 0 Å². The van der Waals surface area contributed by atoms with Crippen LogP contribution in [0.25, 0.3) is 0 Å². The molecule has 0 aliphatic carbocycles. The molecule has 0 heterocycles. The molecule has 5 nitrogen and oxygen atoms in total. The maximum absolute atomic E-state index is 11.3. The fourth-order valence-corrected chi connectivity index (χ4v) is 1.39. The van der Waals surface area contributed by atoms with Crippen LogP contribution in [0.1, 0.15) is 6.42 Å². The smallest absolute Gasteiger partial charge is 0.319 e. The van der Waals surface area contributed by atoms with Gasteiger partial charge in [0, 0.05) is 18.3 Å². The van der Waals surface area contributed by atoms with Crippen molar-refractivity contribution >= 4 is 11.7 Å². The number of anilines is 1. The van der Waals surface area contributed by atoms with Gasteiger partial charge in [0.25, 0.3) is 0 Å². The van der Waals surface area contributed by atoms with E-state index in [4.69, 9.17) is 16.2 Å². The minimum Gasteiger partial charge on any atom is -0.497 e. The van der Waals surface area contributed by atoms with Gasteiger partial charge >= 0.3 is 6.03 Å². The van der Waals surface area contributed by atoms with E-state index in [1.807, 2.05) is 18.2 Å². The number of primary amides is 1. The molecule has 16 heavy (non-hydrogen) atoms. The highest BCUT2D eigenvalue weighted by Gasteiger charge is 2.11. The first kappa shape index (κ1) is 12.3. The average Bonchev–Trinajstić information content (AvgIpc) is 2.29. The van der Waals surface area contributed by atoms with Crippen molar-refractivity contribution in [2.24, 2.45) is 11.5 Å². The summed E-state index contributed by atoms with van der Waals surface area (Å²) in [5.74, 6) is 0.691. The fraction of sp³-hybridized carbons (Fsp3) is 0.364. The average molecular weight is 223 g/mol. The topological polar surface area (TPSA) is 81.6 Å². The Balaban J connectivity index is 2.87. The monoisotopic (exact) mass is 223 g/mol. The highest BCUT2D eigenvalue weighted by molar-refractivity contribution is 5.90. The Kier molecular flexibility index (Phi) is 4.60. The zero-order chi connectivity index (χ0) is 12.0. The van der Waals surface area contributed by atoms with Crippen molar-refractivity contribution in [2.75, 3.05) is 25.1 Å². The molecule has 0 aromatic heterocycles. The maximum Gasteiger partial charge on any atom is 0.319 e. The molecule has 0 bridgehead atoms. The molecule has 0 saturated heterocycles. The SMILES string of the molecule is COc1cccc(N(CCCN)C(N)=O)c1. The van der Waals surface area contributed by atoms with Crippen molar-refractivity contribution in [3.05, 3.63) is 24.3 Å². The maximum atomic E-state index is 11.3. The van der Waals surface area contributed by atoms with Gasteiger partial charge in [-0.3, -0.25) is 4.90 Å². The van der Waals surface area contributed by atoms with Crippen LogP contribution < -0.4 is 21.1 Å². The highest BCUT2D eigenvalue weighted by atomic mass is 16.5. The van der Waals surface area contributed by atoms with Crippen LogP contribution in [0, 0.1) is 0 Å². The van der Waals surface area contributed by atoms with Gasteiger partial charge in [0.1, 0.15) is 5.75 Å². The van der Waals surface area contributed by atoms with E-state index in [1.165, 1.54) is 4.90 Å². The molecule has 0 aliphatic heterocycles. The minimum absolute atomic E-state index is 0.485. The van der Waals surface area contributed by atoms with Crippen molar-refractivity contribution < 1.29 is 9.53 Å². The number of nitrogens with two attached hydrogens (primary N) is 2. The fourth-order valence-electron chi connectivity index (χ4n) is 1.39. The van der Waals surface area contributed by atoms with Gasteiger partial charge in [0.05, 0.1) is 7.11 Å². The molecule has 0 saturated carbocycles. The molecular weight excluding hydrogens is 206 g/mol. The molecule has 2 amide bonds. The van der Waals surface area contributed by atoms with Crippen LogP contribution in [-0.2, 0) is 0 Å². The van der Waals surface area contributed by atoms with Crippen molar-refractivity contribution in [1.29, 1.82) is 0 Å². The van der Waals surface area contributed by atoms with E-state index in [1.54, 1.807) is 13.2 Å². The van der Waals surface area contributed by atoms with Gasteiger partial charge in [-0.05, 0) is 25.1 Å². The van der Waals surface area contributed by atoms with Gasteiger partial charge < -0.3 is 16.2 Å². The largest absolute Gasteiger partial charge is 0.497 e. The molecule has 1 aromatic rings. The van der Waals surface area contributed by atoms with E-state index < -0.39 is 6.03 Å². The summed E-state index contributed by atoms with van der Waals surface area (Å²) in [5.41, 5.74) is 11.4. The summed E-state index contributed by atoms with van der Waals surface area (Å²) in [6.45, 7) is 1.03. The molecule has 4 N–H and O–H groups in total. The lowest BCUT2D eigenvalue weighted by Gasteiger charge is -2.20. The van der Waals surface area contributed by atoms with Crippen LogP contribution in [0.4, 0.5) is 10.5 Å². The van der Waals surface area contributed by atoms with E-state index >= 15 is 0 Å². The lowest BCUT2D eigenvalue weighted by atomic mass is 10.2. The van der Waals surface area contributed by atoms with E-state index in [0.717, 1.165) is 5.69 Å². The Morgan fingerprint density at radius 2 is 2.25 bits per heavy atom. The number of nitrogens with zero attached hydrogens (tertiary/aromatic N) is 1. The third-order valence-corrected chi connectivity index (χ3v) is 2.22. The molecular formula is C11H17N3O2. The second-order valence-electron chi connectivity index (χ2n) is 3.33. The van der Waals surface area contributed by atoms with Gasteiger partial charge in [0.15, 0.2) is 0 Å². The number of carbonyl (C=O) groups is 1. The first-order valence-corrected chi connectivity index (χ1v) is 5.10. The first-order chi connectivity index (χ1) is 7.69. The molecule has 0 radical (unpaired) electrons. The summed E-state index contributed by atoms with van der Waals surface area (Å²) in [7, 11) is 1.58. The van der Waals surface area contributed by atoms with Crippen LogP contribution in [0.2, 0.25) is 0 Å². The normalized spacial score (nSPS) is 9.88. The number of methoxy groups -OCH3 is 1. The van der Waals surface area contributed by atoms with Crippen LogP contribution in [0.5, 0.6) is 5.75 Å². The molecule has 5 heteroatoms. The highest BCUT2D eigenvalue weighted by Crippen LogP contribution is 2.20. The predicted octanol–water partition coefficient (Wildman–Crippen LogP) is 0.929. The molecule has 0 spiro atoms. The van der Waals surface area contributed by atoms with Gasteiger partial charge in [-0.25, -0.2) is 4.79 Å². The van der Waals surface area contributed by atoms with Crippen LogP contribution in [0.15, 0.2) is 24.3 Å². The Hall–Kier alpha value is -1.75. The number of ether oxygens (including phenoxy) is 1. The Bertz CT molecular complexity index is 355. The molecule has 0 unspecified atom stereocenters. The molecule has 0 aliphatic rings. The third-order valence-electron chi connectivity index (χ3n) is 2.22. The van der Waals surface area contributed by atoms with Gasteiger partial charge in [0.2, 0.25) is 0 Å². The standard InChI is InChI=1S/C11H17N3O2/c1-16-10-5-2-4-9(8-10)14(11(13)15)7-3-6-12/h2,4-5,8H,3,6-7,12H2,1H3,(H2,13,15). The molecule has 1 rings (SSSR count). The number of carbonyl (C=O) groups excluding carboxylic acids is 1. The van der Waals surface area contributed by atoms with Gasteiger partial charge in [-0.1, -0.05) is 6.07 Å². The Morgan fingerprint density at radius 3 is 2.81 bits per heavy atom.